The topological polar surface area (TPSA) is 159 Å². The molecule has 2 rings (SSSR count). The lowest BCUT2D eigenvalue weighted by Crippen LogP contribution is -2.36. The Bertz CT molecular complexity index is 681. The van der Waals surface area contributed by atoms with E-state index in [0.29, 0.717) is 22.6 Å². The third-order valence-electron chi connectivity index (χ3n) is 3.62. The van der Waals surface area contributed by atoms with Crippen molar-refractivity contribution in [3.63, 3.8) is 0 Å². The van der Waals surface area contributed by atoms with E-state index in [1.54, 1.807) is 48.5 Å². The molecule has 2 aromatic carbocycles. The van der Waals surface area contributed by atoms with Crippen LogP contribution < -0.4 is 20.9 Å². The Labute approximate surface area is 151 Å². The van der Waals surface area contributed by atoms with Crippen molar-refractivity contribution in [1.29, 1.82) is 10.8 Å². The van der Waals surface area contributed by atoms with Crippen molar-refractivity contribution < 1.29 is 19.7 Å². The van der Waals surface area contributed by atoms with Crippen LogP contribution in [0.4, 0.5) is 0 Å². The summed E-state index contributed by atoms with van der Waals surface area (Å²) in [6.45, 7) is -0.236. The normalized spacial score (nSPS) is 12.8. The molecule has 8 heteroatoms. The standard InChI is InChI=1S/C18H22N4O4/c19-17(20)11-1-5-13(6-2-11)25-9-15(23)16(24)10-26-14-7-3-12(4-8-14)18(21)22/h1-8,15-16,23-24H,9-10H2,(H3,19,20)(H3,21,22)/t15-,16-/m1/s1. The van der Waals surface area contributed by atoms with E-state index < -0.39 is 12.2 Å². The highest BCUT2D eigenvalue weighted by atomic mass is 16.5. The minimum Gasteiger partial charge on any atom is -0.491 e. The first-order chi connectivity index (χ1) is 12.4. The van der Waals surface area contributed by atoms with Gasteiger partial charge in [0, 0.05) is 11.1 Å². The van der Waals surface area contributed by atoms with E-state index in [9.17, 15) is 10.2 Å². The molecule has 138 valence electrons. The Morgan fingerprint density at radius 3 is 1.31 bits per heavy atom. The predicted molar refractivity (Wildman–Crippen MR) is 97.9 cm³/mol. The van der Waals surface area contributed by atoms with Gasteiger partial charge in [0.1, 0.15) is 48.6 Å². The van der Waals surface area contributed by atoms with Gasteiger partial charge < -0.3 is 31.2 Å². The lowest BCUT2D eigenvalue weighted by molar-refractivity contribution is -0.0288. The van der Waals surface area contributed by atoms with Crippen molar-refractivity contribution in [1.82, 2.24) is 0 Å². The SMILES string of the molecule is N=C(N)c1ccc(OC[C@@H](O)[C@H](O)COc2ccc(C(=N)N)cc2)cc1. The van der Waals surface area contributed by atoms with Gasteiger partial charge >= 0.3 is 0 Å². The molecule has 0 aliphatic rings. The van der Waals surface area contributed by atoms with Gasteiger partial charge in [0.05, 0.1) is 0 Å². The number of hydrogen-bond acceptors (Lipinski definition) is 6. The number of aliphatic hydroxyl groups is 2. The molecule has 8 N–H and O–H groups in total. The smallest absolute Gasteiger partial charge is 0.122 e. The number of hydrogen-bond donors (Lipinski definition) is 6. The number of nitrogens with two attached hydrogens (primary N) is 2. The summed E-state index contributed by atoms with van der Waals surface area (Å²) < 4.78 is 10.8. The van der Waals surface area contributed by atoms with Gasteiger partial charge in [0.25, 0.3) is 0 Å². The Balaban J connectivity index is 1.78. The quantitative estimate of drug-likeness (QED) is 0.282. The van der Waals surface area contributed by atoms with Gasteiger partial charge in [0.15, 0.2) is 0 Å². The highest BCUT2D eigenvalue weighted by Crippen LogP contribution is 2.14. The van der Waals surface area contributed by atoms with Gasteiger partial charge in [-0.25, -0.2) is 0 Å². The van der Waals surface area contributed by atoms with Crippen molar-refractivity contribution in [2.45, 2.75) is 12.2 Å². The van der Waals surface area contributed by atoms with Crippen molar-refractivity contribution in [2.24, 2.45) is 11.5 Å². The zero-order valence-electron chi connectivity index (χ0n) is 14.1. The molecule has 0 radical (unpaired) electrons. The molecule has 2 atom stereocenters. The van der Waals surface area contributed by atoms with E-state index in [-0.39, 0.29) is 24.9 Å². The Morgan fingerprint density at radius 2 is 1.04 bits per heavy atom. The highest BCUT2D eigenvalue weighted by Gasteiger charge is 2.18. The molecule has 0 saturated heterocycles. The van der Waals surface area contributed by atoms with Crippen LogP contribution in [0.1, 0.15) is 11.1 Å². The molecule has 0 aliphatic heterocycles. The summed E-state index contributed by atoms with van der Waals surface area (Å²) in [5.74, 6) is 0.893. The monoisotopic (exact) mass is 358 g/mol. The van der Waals surface area contributed by atoms with E-state index in [4.69, 9.17) is 31.8 Å². The Kier molecular flexibility index (Phi) is 6.54. The van der Waals surface area contributed by atoms with Gasteiger partial charge in [-0.05, 0) is 48.5 Å². The zero-order chi connectivity index (χ0) is 19.1. The summed E-state index contributed by atoms with van der Waals surface area (Å²) in [5, 5.41) is 34.6. The number of rotatable bonds is 9. The summed E-state index contributed by atoms with van der Waals surface area (Å²) in [7, 11) is 0. The highest BCUT2D eigenvalue weighted by molar-refractivity contribution is 5.95. The number of ether oxygens (including phenoxy) is 2. The number of benzene rings is 2. The van der Waals surface area contributed by atoms with Gasteiger partial charge in [0.2, 0.25) is 0 Å². The third kappa shape index (κ3) is 5.47. The first-order valence-electron chi connectivity index (χ1n) is 7.87. The molecular formula is C18H22N4O4. The van der Waals surface area contributed by atoms with Crippen LogP contribution in [0.5, 0.6) is 11.5 Å². The fourth-order valence-corrected chi connectivity index (χ4v) is 2.05. The minimum absolute atomic E-state index is 0.0412. The van der Waals surface area contributed by atoms with Crippen LogP contribution in [-0.4, -0.2) is 47.3 Å². The maximum absolute atomic E-state index is 9.96. The summed E-state index contributed by atoms with van der Waals surface area (Å²) >= 11 is 0. The van der Waals surface area contributed by atoms with E-state index in [1.807, 2.05) is 0 Å². The first kappa shape index (κ1) is 19.2. The number of nitrogen functional groups attached to an aromatic ring is 2. The molecule has 0 fully saturated rings. The molecule has 0 bridgehead atoms. The molecule has 0 unspecified atom stereocenters. The second kappa shape index (κ2) is 8.84. The van der Waals surface area contributed by atoms with Crippen molar-refractivity contribution in [3.8, 4) is 11.5 Å². The fourth-order valence-electron chi connectivity index (χ4n) is 2.05. The fraction of sp³-hybridized carbons (Fsp3) is 0.222. The maximum atomic E-state index is 9.96. The predicted octanol–water partition coefficient (Wildman–Crippen LogP) is 0.434. The van der Waals surface area contributed by atoms with Crippen LogP contribution in [0.15, 0.2) is 48.5 Å². The number of nitrogens with one attached hydrogen (secondary N) is 2. The molecule has 0 saturated carbocycles. The second-order valence-electron chi connectivity index (χ2n) is 5.63. The number of amidine groups is 2. The average molecular weight is 358 g/mol. The van der Waals surface area contributed by atoms with E-state index >= 15 is 0 Å². The maximum Gasteiger partial charge on any atom is 0.122 e. The third-order valence-corrected chi connectivity index (χ3v) is 3.62. The van der Waals surface area contributed by atoms with Crippen molar-refractivity contribution in [3.05, 3.63) is 59.7 Å². The van der Waals surface area contributed by atoms with Gasteiger partial charge in [-0.2, -0.15) is 0 Å². The van der Waals surface area contributed by atoms with Crippen LogP contribution in [0, 0.1) is 10.8 Å². The lowest BCUT2D eigenvalue weighted by Gasteiger charge is -2.19. The molecular weight excluding hydrogens is 336 g/mol. The largest absolute Gasteiger partial charge is 0.491 e. The van der Waals surface area contributed by atoms with E-state index in [0.717, 1.165) is 0 Å². The van der Waals surface area contributed by atoms with Crippen LogP contribution in [0.2, 0.25) is 0 Å². The van der Waals surface area contributed by atoms with E-state index in [2.05, 4.69) is 0 Å². The minimum atomic E-state index is -1.14. The van der Waals surface area contributed by atoms with Crippen LogP contribution >= 0.6 is 0 Å². The Morgan fingerprint density at radius 1 is 0.731 bits per heavy atom. The molecule has 0 amide bonds. The van der Waals surface area contributed by atoms with E-state index in [1.165, 1.54) is 0 Å². The molecule has 0 aliphatic carbocycles. The Hall–Kier alpha value is -3.10. The molecule has 8 nitrogen and oxygen atoms in total. The molecule has 2 aromatic rings. The van der Waals surface area contributed by atoms with Gasteiger partial charge in [-0.1, -0.05) is 0 Å². The van der Waals surface area contributed by atoms with Crippen molar-refractivity contribution >= 4 is 11.7 Å². The molecule has 0 spiro atoms. The van der Waals surface area contributed by atoms with Crippen molar-refractivity contribution in [2.75, 3.05) is 13.2 Å². The lowest BCUT2D eigenvalue weighted by atomic mass is 10.2. The molecule has 0 aromatic heterocycles. The summed E-state index contributed by atoms with van der Waals surface area (Å²) in [6.07, 6.45) is -2.28. The van der Waals surface area contributed by atoms with Crippen LogP contribution in [0.25, 0.3) is 0 Å². The average Bonchev–Trinajstić information content (AvgIpc) is 2.64. The molecule has 0 heterocycles. The second-order valence-corrected chi connectivity index (χ2v) is 5.63. The van der Waals surface area contributed by atoms with Crippen LogP contribution in [-0.2, 0) is 0 Å². The molecule has 26 heavy (non-hydrogen) atoms. The summed E-state index contributed by atoms with van der Waals surface area (Å²) in [4.78, 5) is 0. The van der Waals surface area contributed by atoms with Crippen LogP contribution in [0.3, 0.4) is 0 Å². The summed E-state index contributed by atoms with van der Waals surface area (Å²) in [6, 6.07) is 13.0. The van der Waals surface area contributed by atoms with Gasteiger partial charge in [-0.3, -0.25) is 10.8 Å². The number of aliphatic hydroxyl groups excluding tert-OH is 2. The zero-order valence-corrected chi connectivity index (χ0v) is 14.1. The van der Waals surface area contributed by atoms with Gasteiger partial charge in [-0.15, -0.1) is 0 Å². The summed E-state index contributed by atoms with van der Waals surface area (Å²) in [5.41, 5.74) is 11.9. The first-order valence-corrected chi connectivity index (χ1v) is 7.87.